The molecular formula is C11H22N2OS. The third-order valence-corrected chi connectivity index (χ3v) is 4.50. The van der Waals surface area contributed by atoms with Gasteiger partial charge >= 0.3 is 0 Å². The van der Waals surface area contributed by atoms with Gasteiger partial charge < -0.3 is 10.5 Å². The second-order valence-corrected chi connectivity index (χ2v) is 5.82. The van der Waals surface area contributed by atoms with Crippen molar-refractivity contribution >= 4 is 12.6 Å². The molecule has 2 aliphatic rings. The SMILES string of the molecule is CC(S)N1CCC2(CC1)CO[C@@H](C)[C@H]2N. The molecule has 2 N–H and O–H groups in total. The van der Waals surface area contributed by atoms with E-state index >= 15 is 0 Å². The van der Waals surface area contributed by atoms with Crippen LogP contribution in [0.1, 0.15) is 26.7 Å². The molecule has 4 heteroatoms. The number of ether oxygens (including phenoxy) is 1. The molecule has 2 fully saturated rings. The van der Waals surface area contributed by atoms with Crippen LogP contribution in [-0.4, -0.2) is 42.1 Å². The van der Waals surface area contributed by atoms with E-state index in [2.05, 4.69) is 31.4 Å². The molecule has 1 spiro atoms. The summed E-state index contributed by atoms with van der Waals surface area (Å²) >= 11 is 4.48. The summed E-state index contributed by atoms with van der Waals surface area (Å²) in [4.78, 5) is 2.41. The highest BCUT2D eigenvalue weighted by Gasteiger charge is 2.47. The van der Waals surface area contributed by atoms with E-state index in [4.69, 9.17) is 10.5 Å². The van der Waals surface area contributed by atoms with Crippen molar-refractivity contribution in [1.29, 1.82) is 0 Å². The lowest BCUT2D eigenvalue weighted by Gasteiger charge is -2.42. The molecule has 2 rings (SSSR count). The number of hydrogen-bond donors (Lipinski definition) is 2. The van der Waals surface area contributed by atoms with E-state index in [1.165, 1.54) is 0 Å². The van der Waals surface area contributed by atoms with Gasteiger partial charge in [-0.3, -0.25) is 4.90 Å². The number of rotatable bonds is 1. The Morgan fingerprint density at radius 2 is 2.07 bits per heavy atom. The van der Waals surface area contributed by atoms with E-state index in [1.54, 1.807) is 0 Å². The molecule has 1 unspecified atom stereocenters. The van der Waals surface area contributed by atoms with Gasteiger partial charge in [-0.15, -0.1) is 0 Å². The minimum absolute atomic E-state index is 0.217. The molecule has 0 radical (unpaired) electrons. The van der Waals surface area contributed by atoms with Gasteiger partial charge in [0.1, 0.15) is 0 Å². The van der Waals surface area contributed by atoms with Crippen LogP contribution >= 0.6 is 12.6 Å². The van der Waals surface area contributed by atoms with E-state index in [0.717, 1.165) is 32.5 Å². The minimum atomic E-state index is 0.217. The van der Waals surface area contributed by atoms with Crippen LogP contribution in [0.15, 0.2) is 0 Å². The van der Waals surface area contributed by atoms with Crippen LogP contribution in [0.5, 0.6) is 0 Å². The van der Waals surface area contributed by atoms with Gasteiger partial charge in [0, 0.05) is 16.8 Å². The van der Waals surface area contributed by atoms with Crippen LogP contribution in [0, 0.1) is 5.41 Å². The van der Waals surface area contributed by atoms with Crippen LogP contribution in [0.25, 0.3) is 0 Å². The average molecular weight is 230 g/mol. The van der Waals surface area contributed by atoms with Gasteiger partial charge in [-0.25, -0.2) is 0 Å². The highest BCUT2D eigenvalue weighted by Crippen LogP contribution is 2.41. The van der Waals surface area contributed by atoms with Crippen molar-refractivity contribution in [3.8, 4) is 0 Å². The molecule has 0 amide bonds. The van der Waals surface area contributed by atoms with Gasteiger partial charge in [-0.05, 0) is 39.8 Å². The topological polar surface area (TPSA) is 38.5 Å². The second kappa shape index (κ2) is 4.24. The minimum Gasteiger partial charge on any atom is -0.376 e. The third kappa shape index (κ3) is 2.05. The lowest BCUT2D eigenvalue weighted by Crippen LogP contribution is -2.51. The number of nitrogens with zero attached hydrogens (tertiary/aromatic N) is 1. The van der Waals surface area contributed by atoms with E-state index in [0.29, 0.717) is 5.37 Å². The maximum atomic E-state index is 6.25. The Kier molecular flexibility index (Phi) is 3.31. The Bertz CT molecular complexity index is 227. The Hall–Kier alpha value is 0.230. The van der Waals surface area contributed by atoms with Crippen molar-refractivity contribution in [1.82, 2.24) is 4.90 Å². The predicted molar refractivity (Wildman–Crippen MR) is 65.1 cm³/mol. The first-order valence-corrected chi connectivity index (χ1v) is 6.36. The fraction of sp³-hybridized carbons (Fsp3) is 1.00. The fourth-order valence-electron chi connectivity index (χ4n) is 2.82. The van der Waals surface area contributed by atoms with Crippen molar-refractivity contribution in [2.75, 3.05) is 19.7 Å². The first-order valence-electron chi connectivity index (χ1n) is 5.84. The molecule has 0 aromatic heterocycles. The standard InChI is InChI=1S/C11H22N2OS/c1-8-10(12)11(7-14-8)3-5-13(6-4-11)9(2)15/h8-10,15H,3-7,12H2,1-2H3/t8-,9?,10+/m0/s1. The monoisotopic (exact) mass is 230 g/mol. The Morgan fingerprint density at radius 3 is 2.47 bits per heavy atom. The molecule has 0 aromatic rings. The van der Waals surface area contributed by atoms with Gasteiger partial charge in [0.2, 0.25) is 0 Å². The maximum Gasteiger partial charge on any atom is 0.0704 e. The lowest BCUT2D eigenvalue weighted by molar-refractivity contribution is 0.0660. The molecule has 15 heavy (non-hydrogen) atoms. The van der Waals surface area contributed by atoms with E-state index in [9.17, 15) is 0 Å². The molecule has 0 aliphatic carbocycles. The van der Waals surface area contributed by atoms with E-state index < -0.39 is 0 Å². The summed E-state index contributed by atoms with van der Waals surface area (Å²) in [6, 6.07) is 0.217. The lowest BCUT2D eigenvalue weighted by atomic mass is 9.73. The van der Waals surface area contributed by atoms with Crippen molar-refractivity contribution in [2.24, 2.45) is 11.1 Å². The molecule has 0 saturated carbocycles. The summed E-state index contributed by atoms with van der Waals surface area (Å²) in [5.41, 5.74) is 6.50. The van der Waals surface area contributed by atoms with Crippen molar-refractivity contribution < 1.29 is 4.74 Å². The molecular weight excluding hydrogens is 208 g/mol. The summed E-state index contributed by atoms with van der Waals surface area (Å²) in [7, 11) is 0. The number of nitrogens with two attached hydrogens (primary N) is 1. The second-order valence-electron chi connectivity index (χ2n) is 5.07. The van der Waals surface area contributed by atoms with Gasteiger partial charge in [-0.2, -0.15) is 12.6 Å². The predicted octanol–water partition coefficient (Wildman–Crippen LogP) is 1.09. The molecule has 0 bridgehead atoms. The largest absolute Gasteiger partial charge is 0.376 e. The summed E-state index contributed by atoms with van der Waals surface area (Å²) in [6.07, 6.45) is 2.54. The first kappa shape index (κ1) is 11.7. The molecule has 0 aromatic carbocycles. The molecule has 2 saturated heterocycles. The average Bonchev–Trinajstić information content (AvgIpc) is 2.48. The number of piperidine rings is 1. The van der Waals surface area contributed by atoms with Gasteiger partial charge in [0.15, 0.2) is 0 Å². The van der Waals surface area contributed by atoms with E-state index in [1.807, 2.05) is 0 Å². The first-order chi connectivity index (χ1) is 7.05. The highest BCUT2D eigenvalue weighted by molar-refractivity contribution is 7.80. The molecule has 2 aliphatic heterocycles. The van der Waals surface area contributed by atoms with Crippen molar-refractivity contribution in [2.45, 2.75) is 44.2 Å². The third-order valence-electron chi connectivity index (χ3n) is 4.17. The van der Waals surface area contributed by atoms with Gasteiger partial charge in [0.25, 0.3) is 0 Å². The summed E-state index contributed by atoms with van der Waals surface area (Å²) in [6.45, 7) is 7.29. The maximum absolute atomic E-state index is 6.25. The van der Waals surface area contributed by atoms with E-state index in [-0.39, 0.29) is 17.6 Å². The number of hydrogen-bond acceptors (Lipinski definition) is 4. The normalized spacial score (nSPS) is 38.4. The quantitative estimate of drug-likeness (QED) is 0.662. The van der Waals surface area contributed by atoms with Crippen LogP contribution in [0.4, 0.5) is 0 Å². The van der Waals surface area contributed by atoms with Gasteiger partial charge in [0.05, 0.1) is 12.7 Å². The number of thiol groups is 1. The smallest absolute Gasteiger partial charge is 0.0704 e. The zero-order valence-electron chi connectivity index (χ0n) is 9.65. The van der Waals surface area contributed by atoms with Gasteiger partial charge in [-0.1, -0.05) is 0 Å². The fourth-order valence-corrected chi connectivity index (χ4v) is 3.05. The molecule has 3 nitrogen and oxygen atoms in total. The van der Waals surface area contributed by atoms with Crippen LogP contribution in [0.2, 0.25) is 0 Å². The summed E-state index contributed by atoms with van der Waals surface area (Å²) in [5, 5.41) is 0.360. The van der Waals surface area contributed by atoms with Crippen molar-refractivity contribution in [3.05, 3.63) is 0 Å². The van der Waals surface area contributed by atoms with Crippen LogP contribution in [-0.2, 0) is 4.74 Å². The zero-order chi connectivity index (χ0) is 11.1. The summed E-state index contributed by atoms with van der Waals surface area (Å²) in [5.74, 6) is 0. The Labute approximate surface area is 97.7 Å². The number of likely N-dealkylation sites (tertiary alicyclic amines) is 1. The highest BCUT2D eigenvalue weighted by atomic mass is 32.1. The van der Waals surface area contributed by atoms with Crippen LogP contribution in [0.3, 0.4) is 0 Å². The Balaban J connectivity index is 1.98. The molecule has 3 atom stereocenters. The molecule has 88 valence electrons. The summed E-state index contributed by atoms with van der Waals surface area (Å²) < 4.78 is 5.69. The van der Waals surface area contributed by atoms with Crippen molar-refractivity contribution in [3.63, 3.8) is 0 Å². The molecule has 2 heterocycles. The zero-order valence-corrected chi connectivity index (χ0v) is 10.5. The van der Waals surface area contributed by atoms with Crippen LogP contribution < -0.4 is 5.73 Å². The Morgan fingerprint density at radius 1 is 1.47 bits per heavy atom.